The van der Waals surface area contributed by atoms with E-state index < -0.39 is 5.82 Å². The summed E-state index contributed by atoms with van der Waals surface area (Å²) in [5.74, 6) is 1.91. The smallest absolute Gasteiger partial charge is 0.147 e. The second-order valence-corrected chi connectivity index (χ2v) is 2.33. The van der Waals surface area contributed by atoms with Crippen LogP contribution < -0.4 is 5.73 Å². The van der Waals surface area contributed by atoms with Crippen molar-refractivity contribution in [1.82, 2.24) is 0 Å². The monoisotopic (exact) mass is 179 g/mol. The van der Waals surface area contributed by atoms with E-state index in [0.717, 1.165) is 5.56 Å². The highest BCUT2D eigenvalue weighted by atomic mass is 19.1. The molecule has 0 aliphatic heterocycles. The number of halogens is 1. The van der Waals surface area contributed by atoms with Crippen molar-refractivity contribution in [3.8, 4) is 12.3 Å². The molecule has 0 aromatic heterocycles. The van der Waals surface area contributed by atoms with E-state index in [4.69, 9.17) is 12.2 Å². The van der Waals surface area contributed by atoms with Crippen molar-refractivity contribution in [2.45, 2.75) is 20.8 Å². The number of rotatable bonds is 0. The number of terminal acetylenes is 1. The number of hydrogen-bond acceptors (Lipinski definition) is 1. The van der Waals surface area contributed by atoms with E-state index in [0.29, 0.717) is 5.56 Å². The van der Waals surface area contributed by atoms with Gasteiger partial charge in [-0.25, -0.2) is 4.39 Å². The van der Waals surface area contributed by atoms with Gasteiger partial charge in [-0.2, -0.15) is 0 Å². The zero-order valence-corrected chi connectivity index (χ0v) is 8.19. The van der Waals surface area contributed by atoms with Crippen LogP contribution in [0.15, 0.2) is 12.1 Å². The summed E-state index contributed by atoms with van der Waals surface area (Å²) in [5.41, 5.74) is 6.82. The molecule has 1 rings (SSSR count). The second kappa shape index (κ2) is 5.21. The molecule has 0 spiro atoms. The summed E-state index contributed by atoms with van der Waals surface area (Å²) in [6.07, 6.45) is 5.11. The Morgan fingerprint density at radius 1 is 1.38 bits per heavy atom. The van der Waals surface area contributed by atoms with Crippen LogP contribution in [0.3, 0.4) is 0 Å². The summed E-state index contributed by atoms with van der Waals surface area (Å²) >= 11 is 0. The normalized spacial score (nSPS) is 8.23. The minimum atomic E-state index is -0.455. The lowest BCUT2D eigenvalue weighted by molar-refractivity contribution is 0.631. The summed E-state index contributed by atoms with van der Waals surface area (Å²) in [7, 11) is 0. The van der Waals surface area contributed by atoms with E-state index >= 15 is 0 Å². The minimum Gasteiger partial charge on any atom is -0.396 e. The first-order valence-corrected chi connectivity index (χ1v) is 4.17. The Labute approximate surface area is 78.8 Å². The molecule has 0 aliphatic rings. The summed E-state index contributed by atoms with van der Waals surface area (Å²) in [5, 5.41) is 0. The molecule has 1 aromatic carbocycles. The third-order valence-electron chi connectivity index (χ3n) is 1.50. The van der Waals surface area contributed by atoms with E-state index in [1.165, 1.54) is 12.1 Å². The summed E-state index contributed by atoms with van der Waals surface area (Å²) < 4.78 is 12.7. The predicted octanol–water partition coefficient (Wildman–Crippen LogP) is 2.72. The minimum absolute atomic E-state index is 0.140. The molecule has 0 aliphatic carbocycles. The highest BCUT2D eigenvalue weighted by Gasteiger charge is 2.01. The fourth-order valence-corrected chi connectivity index (χ4v) is 0.859. The van der Waals surface area contributed by atoms with Crippen molar-refractivity contribution in [3.05, 3.63) is 29.1 Å². The van der Waals surface area contributed by atoms with Crippen LogP contribution in [0.2, 0.25) is 0 Å². The van der Waals surface area contributed by atoms with Gasteiger partial charge in [0, 0.05) is 5.56 Å². The van der Waals surface area contributed by atoms with Gasteiger partial charge in [0.05, 0.1) is 5.69 Å². The van der Waals surface area contributed by atoms with Crippen molar-refractivity contribution < 1.29 is 4.39 Å². The van der Waals surface area contributed by atoms with E-state index in [-0.39, 0.29) is 5.69 Å². The third-order valence-corrected chi connectivity index (χ3v) is 1.50. The highest BCUT2D eigenvalue weighted by Crippen LogP contribution is 2.15. The van der Waals surface area contributed by atoms with Gasteiger partial charge in [0.2, 0.25) is 0 Å². The summed E-state index contributed by atoms with van der Waals surface area (Å²) in [6, 6.07) is 2.80. The standard InChI is InChI=1S/C9H8FN.C2H6/c1-3-7-5-8(10)9(11)4-6(7)2;1-2/h1,4-5H,11H2,2H3;1-2H3. The fraction of sp³-hybridized carbons (Fsp3) is 0.273. The Morgan fingerprint density at radius 3 is 2.38 bits per heavy atom. The number of benzene rings is 1. The molecule has 0 unspecified atom stereocenters. The van der Waals surface area contributed by atoms with E-state index in [2.05, 4.69) is 5.92 Å². The van der Waals surface area contributed by atoms with Gasteiger partial charge >= 0.3 is 0 Å². The maximum atomic E-state index is 12.7. The quantitative estimate of drug-likeness (QED) is 0.481. The Kier molecular flexibility index (Phi) is 4.61. The van der Waals surface area contributed by atoms with Crippen molar-refractivity contribution in [2.75, 3.05) is 5.73 Å². The van der Waals surface area contributed by atoms with Crippen LogP contribution in [0.25, 0.3) is 0 Å². The van der Waals surface area contributed by atoms with Crippen LogP contribution in [0.4, 0.5) is 10.1 Å². The average molecular weight is 179 g/mol. The number of nitrogens with two attached hydrogens (primary N) is 1. The Morgan fingerprint density at radius 2 is 1.92 bits per heavy atom. The zero-order chi connectivity index (χ0) is 10.4. The van der Waals surface area contributed by atoms with Gasteiger partial charge in [-0.3, -0.25) is 0 Å². The lowest BCUT2D eigenvalue weighted by Crippen LogP contribution is -1.93. The third kappa shape index (κ3) is 2.79. The van der Waals surface area contributed by atoms with Crippen LogP contribution >= 0.6 is 0 Å². The van der Waals surface area contributed by atoms with Gasteiger partial charge in [-0.05, 0) is 24.6 Å². The number of aryl methyl sites for hydroxylation is 1. The molecule has 2 N–H and O–H groups in total. The highest BCUT2D eigenvalue weighted by molar-refractivity contribution is 5.50. The molecule has 0 amide bonds. The molecule has 0 atom stereocenters. The predicted molar refractivity (Wildman–Crippen MR) is 54.8 cm³/mol. The van der Waals surface area contributed by atoms with Crippen LogP contribution in [-0.2, 0) is 0 Å². The molecule has 1 aromatic rings. The lowest BCUT2D eigenvalue weighted by atomic mass is 10.1. The summed E-state index contributed by atoms with van der Waals surface area (Å²) in [4.78, 5) is 0. The van der Waals surface area contributed by atoms with Crippen molar-refractivity contribution in [3.63, 3.8) is 0 Å². The van der Waals surface area contributed by atoms with Gasteiger partial charge < -0.3 is 5.73 Å². The molecule has 0 saturated carbocycles. The maximum Gasteiger partial charge on any atom is 0.147 e. The molecule has 0 bridgehead atoms. The van der Waals surface area contributed by atoms with Gasteiger partial charge in [0.25, 0.3) is 0 Å². The average Bonchev–Trinajstić information content (AvgIpc) is 2.15. The molecular weight excluding hydrogens is 165 g/mol. The Hall–Kier alpha value is -1.49. The second-order valence-electron chi connectivity index (χ2n) is 2.33. The molecule has 13 heavy (non-hydrogen) atoms. The SMILES string of the molecule is C#Cc1cc(F)c(N)cc1C.CC. The number of anilines is 1. The summed E-state index contributed by atoms with van der Waals surface area (Å²) in [6.45, 7) is 5.80. The van der Waals surface area contributed by atoms with Crippen LogP contribution in [0, 0.1) is 25.1 Å². The number of nitrogen functional groups attached to an aromatic ring is 1. The molecule has 2 heteroatoms. The fourth-order valence-electron chi connectivity index (χ4n) is 0.859. The van der Waals surface area contributed by atoms with Crippen molar-refractivity contribution >= 4 is 5.69 Å². The lowest BCUT2D eigenvalue weighted by Gasteiger charge is -2.00. The van der Waals surface area contributed by atoms with Gasteiger partial charge in [-0.15, -0.1) is 6.42 Å². The number of hydrogen-bond donors (Lipinski definition) is 1. The van der Waals surface area contributed by atoms with Crippen molar-refractivity contribution in [2.24, 2.45) is 0 Å². The first-order chi connectivity index (χ1) is 6.15. The molecular formula is C11H14FN. The van der Waals surface area contributed by atoms with Crippen molar-refractivity contribution in [1.29, 1.82) is 0 Å². The van der Waals surface area contributed by atoms with Gasteiger partial charge in [0.15, 0.2) is 0 Å². The molecule has 0 radical (unpaired) electrons. The Bertz CT molecular complexity index is 324. The zero-order valence-electron chi connectivity index (χ0n) is 8.19. The maximum absolute atomic E-state index is 12.7. The first kappa shape index (κ1) is 11.5. The molecule has 1 nitrogen and oxygen atoms in total. The van der Waals surface area contributed by atoms with E-state index in [1.54, 1.807) is 6.92 Å². The van der Waals surface area contributed by atoms with E-state index in [1.807, 2.05) is 13.8 Å². The molecule has 0 heterocycles. The Balaban J connectivity index is 0.000000671. The molecule has 0 saturated heterocycles. The largest absolute Gasteiger partial charge is 0.396 e. The molecule has 0 fully saturated rings. The van der Waals surface area contributed by atoms with Gasteiger partial charge in [-0.1, -0.05) is 19.8 Å². The van der Waals surface area contributed by atoms with Crippen LogP contribution in [0.1, 0.15) is 25.0 Å². The topological polar surface area (TPSA) is 26.0 Å². The molecule has 70 valence electrons. The van der Waals surface area contributed by atoms with E-state index in [9.17, 15) is 4.39 Å². The van der Waals surface area contributed by atoms with Gasteiger partial charge in [0.1, 0.15) is 5.82 Å². The van der Waals surface area contributed by atoms with Crippen LogP contribution in [0.5, 0.6) is 0 Å². The van der Waals surface area contributed by atoms with Crippen LogP contribution in [-0.4, -0.2) is 0 Å². The first-order valence-electron chi connectivity index (χ1n) is 4.17.